The van der Waals surface area contributed by atoms with Crippen LogP contribution in [0.25, 0.3) is 5.69 Å². The summed E-state index contributed by atoms with van der Waals surface area (Å²) in [6.07, 6.45) is 0. The quantitative estimate of drug-likeness (QED) is 0.787. The predicted octanol–water partition coefficient (Wildman–Crippen LogP) is 0.680. The molecule has 0 aliphatic carbocycles. The Morgan fingerprint density at radius 3 is 2.76 bits per heavy atom. The molecule has 17 heavy (non-hydrogen) atoms. The van der Waals surface area contributed by atoms with Crippen molar-refractivity contribution >= 4 is 17.0 Å². The number of aromatic amines is 1. The van der Waals surface area contributed by atoms with Crippen LogP contribution in [0.3, 0.4) is 0 Å². The zero-order chi connectivity index (χ0) is 12.4. The topological polar surface area (TPSA) is 89.9 Å². The van der Waals surface area contributed by atoms with E-state index in [1.807, 2.05) is 0 Å². The molecule has 2 N–H and O–H groups in total. The number of aryl methyl sites for hydroxylation is 1. The van der Waals surface area contributed by atoms with Gasteiger partial charge in [0.2, 0.25) is 0 Å². The van der Waals surface area contributed by atoms with Crippen LogP contribution < -0.4 is 10.3 Å². The molecule has 0 radical (unpaired) electrons. The van der Waals surface area contributed by atoms with Gasteiger partial charge in [0, 0.05) is 28.7 Å². The van der Waals surface area contributed by atoms with E-state index in [0.29, 0.717) is 11.4 Å². The van der Waals surface area contributed by atoms with Gasteiger partial charge in [-0.05, 0) is 25.1 Å². The highest BCUT2D eigenvalue weighted by Gasteiger charge is 2.03. The summed E-state index contributed by atoms with van der Waals surface area (Å²) in [6, 6.07) is 7.99. The summed E-state index contributed by atoms with van der Waals surface area (Å²) < 4.78 is 24.6. The minimum atomic E-state index is -2.38. The van der Waals surface area contributed by atoms with Crippen molar-refractivity contribution in [2.45, 2.75) is 6.92 Å². The molecule has 90 valence electrons. The first kappa shape index (κ1) is 11.6. The molecule has 2 rings (SSSR count). The smallest absolute Gasteiger partial charge is 0.271 e. The van der Waals surface area contributed by atoms with Crippen molar-refractivity contribution in [2.75, 3.05) is 4.72 Å². The number of benzene rings is 1. The summed E-state index contributed by atoms with van der Waals surface area (Å²) >= 11 is -2.38. The van der Waals surface area contributed by atoms with Crippen molar-refractivity contribution < 1.29 is 8.76 Å². The second kappa shape index (κ2) is 4.56. The van der Waals surface area contributed by atoms with Crippen molar-refractivity contribution in [1.29, 1.82) is 0 Å². The minimum Gasteiger partial charge on any atom is -0.755 e. The van der Waals surface area contributed by atoms with Gasteiger partial charge in [0.1, 0.15) is 0 Å². The lowest BCUT2D eigenvalue weighted by Crippen LogP contribution is -2.13. The standard InChI is InChI=1S/C10H11N3O3S/c1-7-5-10(14)13(11-7)9-4-2-3-8(6-9)12-17(15)16/h2-6,11-12H,1H3,(H,15,16)/p-1. The molecular weight excluding hydrogens is 242 g/mol. The van der Waals surface area contributed by atoms with E-state index in [4.69, 9.17) is 0 Å². The van der Waals surface area contributed by atoms with Crippen LogP contribution >= 0.6 is 0 Å². The maximum Gasteiger partial charge on any atom is 0.271 e. The molecular formula is C10H10N3O3S-. The van der Waals surface area contributed by atoms with Crippen LogP contribution in [0.4, 0.5) is 5.69 Å². The molecule has 0 aliphatic rings. The zero-order valence-electron chi connectivity index (χ0n) is 8.97. The third kappa shape index (κ3) is 2.63. The number of aromatic nitrogens is 2. The Morgan fingerprint density at radius 1 is 1.41 bits per heavy atom. The number of hydrogen-bond donors (Lipinski definition) is 2. The zero-order valence-corrected chi connectivity index (χ0v) is 9.78. The minimum absolute atomic E-state index is 0.192. The number of nitrogens with one attached hydrogen (secondary N) is 2. The van der Waals surface area contributed by atoms with Crippen LogP contribution in [-0.4, -0.2) is 18.5 Å². The Labute approximate surface area is 99.7 Å². The molecule has 0 fully saturated rings. The van der Waals surface area contributed by atoms with Crippen molar-refractivity contribution in [3.8, 4) is 5.69 Å². The molecule has 0 aliphatic heterocycles. The molecule has 2 aromatic rings. The summed E-state index contributed by atoms with van der Waals surface area (Å²) in [4.78, 5) is 11.6. The van der Waals surface area contributed by atoms with Crippen LogP contribution in [0.15, 0.2) is 35.1 Å². The lowest BCUT2D eigenvalue weighted by Gasteiger charge is -2.10. The summed E-state index contributed by atoms with van der Waals surface area (Å²) in [7, 11) is 0. The molecule has 0 spiro atoms. The second-order valence-electron chi connectivity index (χ2n) is 3.50. The molecule has 6 nitrogen and oxygen atoms in total. The van der Waals surface area contributed by atoms with Gasteiger partial charge in [-0.2, -0.15) is 0 Å². The van der Waals surface area contributed by atoms with Crippen LogP contribution in [0, 0.1) is 6.92 Å². The molecule has 0 bridgehead atoms. The monoisotopic (exact) mass is 252 g/mol. The Bertz CT molecular complexity index is 617. The molecule has 1 aromatic heterocycles. The van der Waals surface area contributed by atoms with Crippen LogP contribution in [0.1, 0.15) is 5.69 Å². The van der Waals surface area contributed by atoms with Crippen LogP contribution in [0.2, 0.25) is 0 Å². The van der Waals surface area contributed by atoms with Gasteiger partial charge < -0.3 is 9.27 Å². The van der Waals surface area contributed by atoms with Gasteiger partial charge in [-0.15, -0.1) is 0 Å². The van der Waals surface area contributed by atoms with Crippen molar-refractivity contribution in [2.24, 2.45) is 0 Å². The maximum atomic E-state index is 11.6. The molecule has 1 heterocycles. The third-order valence-corrected chi connectivity index (χ3v) is 2.56. The molecule has 1 unspecified atom stereocenters. The van der Waals surface area contributed by atoms with Crippen molar-refractivity contribution in [3.05, 3.63) is 46.4 Å². The number of H-pyrrole nitrogens is 1. The molecule has 0 saturated heterocycles. The summed E-state index contributed by atoms with van der Waals surface area (Å²) in [6.45, 7) is 1.77. The van der Waals surface area contributed by atoms with E-state index in [-0.39, 0.29) is 5.56 Å². The van der Waals surface area contributed by atoms with E-state index in [1.54, 1.807) is 31.2 Å². The first-order chi connectivity index (χ1) is 8.06. The Kier molecular flexibility index (Phi) is 3.12. The Balaban J connectivity index is 2.43. The fourth-order valence-corrected chi connectivity index (χ4v) is 1.83. The highest BCUT2D eigenvalue weighted by Crippen LogP contribution is 2.13. The number of hydrogen-bond acceptors (Lipinski definition) is 3. The predicted molar refractivity (Wildman–Crippen MR) is 63.7 cm³/mol. The first-order valence-corrected chi connectivity index (χ1v) is 5.89. The largest absolute Gasteiger partial charge is 0.755 e. The molecule has 1 aromatic carbocycles. The Hall–Kier alpha value is -1.86. The second-order valence-corrected chi connectivity index (χ2v) is 4.17. The Morgan fingerprint density at radius 2 is 2.18 bits per heavy atom. The first-order valence-electron chi connectivity index (χ1n) is 4.81. The van der Waals surface area contributed by atoms with Crippen molar-refractivity contribution in [3.63, 3.8) is 0 Å². The van der Waals surface area contributed by atoms with Gasteiger partial charge >= 0.3 is 0 Å². The molecule has 7 heteroatoms. The molecule has 0 saturated carbocycles. The van der Waals surface area contributed by atoms with Gasteiger partial charge in [-0.1, -0.05) is 6.07 Å². The highest BCUT2D eigenvalue weighted by molar-refractivity contribution is 7.80. The van der Waals surface area contributed by atoms with Gasteiger partial charge in [0.25, 0.3) is 5.56 Å². The third-order valence-electron chi connectivity index (χ3n) is 2.15. The maximum absolute atomic E-state index is 11.6. The average Bonchev–Trinajstić information content (AvgIpc) is 2.57. The van der Waals surface area contributed by atoms with Gasteiger partial charge in [-0.25, -0.2) is 4.68 Å². The van der Waals surface area contributed by atoms with Crippen LogP contribution in [0.5, 0.6) is 0 Å². The van der Waals surface area contributed by atoms with Crippen LogP contribution in [-0.2, 0) is 11.3 Å². The highest BCUT2D eigenvalue weighted by atomic mass is 32.2. The van der Waals surface area contributed by atoms with Crippen molar-refractivity contribution in [1.82, 2.24) is 9.78 Å². The summed E-state index contributed by atoms with van der Waals surface area (Å²) in [5.74, 6) is 0. The summed E-state index contributed by atoms with van der Waals surface area (Å²) in [5, 5.41) is 2.86. The molecule has 1 atom stereocenters. The fourth-order valence-electron chi connectivity index (χ4n) is 1.51. The van der Waals surface area contributed by atoms with E-state index in [9.17, 15) is 13.6 Å². The average molecular weight is 252 g/mol. The van der Waals surface area contributed by atoms with E-state index in [2.05, 4.69) is 9.82 Å². The number of nitrogens with zero attached hydrogens (tertiary/aromatic N) is 1. The summed E-state index contributed by atoms with van der Waals surface area (Å²) in [5.41, 5.74) is 1.51. The SMILES string of the molecule is Cc1cc(=O)n(-c2cccc(NS(=O)[O-])c2)[nH]1. The fraction of sp³-hybridized carbons (Fsp3) is 0.100. The van der Waals surface area contributed by atoms with Gasteiger partial charge in [0.15, 0.2) is 0 Å². The number of anilines is 1. The van der Waals surface area contributed by atoms with Gasteiger partial charge in [-0.3, -0.25) is 14.1 Å². The van der Waals surface area contributed by atoms with Gasteiger partial charge in [0.05, 0.1) is 5.69 Å². The van der Waals surface area contributed by atoms with E-state index < -0.39 is 11.3 Å². The lowest BCUT2D eigenvalue weighted by molar-refractivity contribution is 0.542. The molecule has 0 amide bonds. The van der Waals surface area contributed by atoms with E-state index in [1.165, 1.54) is 10.7 Å². The normalized spacial score (nSPS) is 12.4. The van der Waals surface area contributed by atoms with E-state index in [0.717, 1.165) is 5.69 Å². The lowest BCUT2D eigenvalue weighted by atomic mass is 10.3. The van der Waals surface area contributed by atoms with E-state index >= 15 is 0 Å². The number of rotatable bonds is 3.